The number of rotatable bonds is 4. The van der Waals surface area contributed by atoms with Gasteiger partial charge in [0.1, 0.15) is 0 Å². The van der Waals surface area contributed by atoms with Crippen molar-refractivity contribution >= 4 is 28.3 Å². The number of fused-ring (bicyclic) bond motifs is 1. The molecule has 4 nitrogen and oxygen atoms in total. The van der Waals surface area contributed by atoms with Gasteiger partial charge >= 0.3 is 0 Å². The molecule has 0 aliphatic carbocycles. The van der Waals surface area contributed by atoms with E-state index in [1.807, 2.05) is 49.4 Å². The van der Waals surface area contributed by atoms with Crippen molar-refractivity contribution < 1.29 is 9.59 Å². The average molecular weight is 318 g/mol. The Kier molecular flexibility index (Phi) is 4.29. The predicted octanol–water partition coefficient (Wildman–Crippen LogP) is 3.61. The Morgan fingerprint density at radius 3 is 2.33 bits per heavy atom. The molecular formula is C20H18N2O2. The maximum Gasteiger partial charge on any atom is 0.258 e. The summed E-state index contributed by atoms with van der Waals surface area (Å²) in [5, 5.41) is 2.09. The van der Waals surface area contributed by atoms with Crippen molar-refractivity contribution in [2.45, 2.75) is 6.92 Å². The molecule has 24 heavy (non-hydrogen) atoms. The van der Waals surface area contributed by atoms with E-state index in [1.165, 1.54) is 0 Å². The lowest BCUT2D eigenvalue weighted by Gasteiger charge is -2.23. The van der Waals surface area contributed by atoms with E-state index in [9.17, 15) is 9.59 Å². The minimum atomic E-state index is -0.544. The normalized spacial score (nSPS) is 10.5. The summed E-state index contributed by atoms with van der Waals surface area (Å²) in [5.74, 6) is -0.699. The van der Waals surface area contributed by atoms with E-state index < -0.39 is 5.91 Å². The predicted molar refractivity (Wildman–Crippen MR) is 96.3 cm³/mol. The third-order valence-corrected chi connectivity index (χ3v) is 4.01. The summed E-state index contributed by atoms with van der Waals surface area (Å²) in [7, 11) is 0. The fourth-order valence-electron chi connectivity index (χ4n) is 2.83. The Labute approximate surface area is 140 Å². The van der Waals surface area contributed by atoms with Crippen LogP contribution >= 0.6 is 0 Å². The average Bonchev–Trinajstić information content (AvgIpc) is 2.62. The number of carbonyl (C=O) groups excluding carboxylic acids is 2. The van der Waals surface area contributed by atoms with Crippen LogP contribution in [0.1, 0.15) is 27.6 Å². The Bertz CT molecular complexity index is 913. The summed E-state index contributed by atoms with van der Waals surface area (Å²) in [6.07, 6.45) is 0. The second-order valence-corrected chi connectivity index (χ2v) is 5.49. The molecular weight excluding hydrogens is 300 g/mol. The van der Waals surface area contributed by atoms with Crippen LogP contribution in [0.3, 0.4) is 0 Å². The van der Waals surface area contributed by atoms with Crippen LogP contribution in [-0.4, -0.2) is 18.4 Å². The third kappa shape index (κ3) is 2.86. The van der Waals surface area contributed by atoms with Crippen molar-refractivity contribution in [2.75, 3.05) is 11.4 Å². The quantitative estimate of drug-likeness (QED) is 0.799. The van der Waals surface area contributed by atoms with E-state index in [2.05, 4.69) is 0 Å². The van der Waals surface area contributed by atoms with Gasteiger partial charge in [-0.15, -0.1) is 0 Å². The van der Waals surface area contributed by atoms with Gasteiger partial charge in [-0.3, -0.25) is 9.59 Å². The Hall–Kier alpha value is -3.14. The molecule has 0 unspecified atom stereocenters. The standard InChI is InChI=1S/C20H18N2O2/c1-2-22(18-12-6-8-14-7-3-4-11-17(14)18)20(24)16-10-5-9-15(13-16)19(21)23/h3-13H,2H2,1H3,(H2,21,23). The zero-order valence-corrected chi connectivity index (χ0v) is 13.4. The van der Waals surface area contributed by atoms with Crippen LogP contribution in [0.15, 0.2) is 66.7 Å². The molecule has 3 aromatic rings. The number of nitrogens with two attached hydrogens (primary N) is 1. The lowest BCUT2D eigenvalue weighted by atomic mass is 10.1. The molecule has 3 aromatic carbocycles. The van der Waals surface area contributed by atoms with Crippen LogP contribution in [0.2, 0.25) is 0 Å². The van der Waals surface area contributed by atoms with Crippen LogP contribution < -0.4 is 10.6 Å². The van der Waals surface area contributed by atoms with Crippen molar-refractivity contribution in [3.8, 4) is 0 Å². The molecule has 2 N–H and O–H groups in total. The summed E-state index contributed by atoms with van der Waals surface area (Å²) in [6, 6.07) is 20.3. The fourth-order valence-corrected chi connectivity index (χ4v) is 2.83. The lowest BCUT2D eigenvalue weighted by Crippen LogP contribution is -2.31. The SMILES string of the molecule is CCN(C(=O)c1cccc(C(N)=O)c1)c1cccc2ccccc12. The minimum absolute atomic E-state index is 0.156. The molecule has 120 valence electrons. The summed E-state index contributed by atoms with van der Waals surface area (Å²) >= 11 is 0. The summed E-state index contributed by atoms with van der Waals surface area (Å²) < 4.78 is 0. The van der Waals surface area contributed by atoms with Gasteiger partial charge in [0.25, 0.3) is 5.91 Å². The Morgan fingerprint density at radius 1 is 0.917 bits per heavy atom. The molecule has 0 aliphatic rings. The largest absolute Gasteiger partial charge is 0.366 e. The number of benzene rings is 3. The fraction of sp³-hybridized carbons (Fsp3) is 0.100. The zero-order valence-electron chi connectivity index (χ0n) is 13.4. The number of hydrogen-bond donors (Lipinski definition) is 1. The molecule has 3 rings (SSSR count). The van der Waals surface area contributed by atoms with E-state index >= 15 is 0 Å². The number of primary amides is 1. The lowest BCUT2D eigenvalue weighted by molar-refractivity contribution is 0.0988. The first-order valence-electron chi connectivity index (χ1n) is 7.81. The van der Waals surface area contributed by atoms with Crippen LogP contribution in [0.25, 0.3) is 10.8 Å². The highest BCUT2D eigenvalue weighted by molar-refractivity contribution is 6.11. The van der Waals surface area contributed by atoms with Crippen molar-refractivity contribution in [1.82, 2.24) is 0 Å². The van der Waals surface area contributed by atoms with Gasteiger partial charge in [-0.25, -0.2) is 0 Å². The number of carbonyl (C=O) groups is 2. The highest BCUT2D eigenvalue weighted by atomic mass is 16.2. The van der Waals surface area contributed by atoms with Crippen molar-refractivity contribution in [3.63, 3.8) is 0 Å². The van der Waals surface area contributed by atoms with E-state index in [-0.39, 0.29) is 5.91 Å². The van der Waals surface area contributed by atoms with Gasteiger partial charge in [-0.05, 0) is 36.6 Å². The molecule has 0 saturated heterocycles. The maximum absolute atomic E-state index is 13.0. The first-order valence-corrected chi connectivity index (χ1v) is 7.81. The van der Waals surface area contributed by atoms with E-state index in [4.69, 9.17) is 5.73 Å². The molecule has 2 amide bonds. The highest BCUT2D eigenvalue weighted by Gasteiger charge is 2.18. The molecule has 0 spiro atoms. The van der Waals surface area contributed by atoms with Gasteiger partial charge in [-0.1, -0.05) is 42.5 Å². The van der Waals surface area contributed by atoms with Gasteiger partial charge in [-0.2, -0.15) is 0 Å². The van der Waals surface area contributed by atoms with Gasteiger partial charge in [0.15, 0.2) is 0 Å². The summed E-state index contributed by atoms with van der Waals surface area (Å²) in [6.45, 7) is 2.45. The molecule has 0 aromatic heterocycles. The van der Waals surface area contributed by atoms with Crippen LogP contribution in [0.4, 0.5) is 5.69 Å². The summed E-state index contributed by atoms with van der Waals surface area (Å²) in [5.41, 5.74) is 6.94. The van der Waals surface area contributed by atoms with Crippen molar-refractivity contribution in [3.05, 3.63) is 77.9 Å². The van der Waals surface area contributed by atoms with Gasteiger partial charge in [0.05, 0.1) is 5.69 Å². The molecule has 0 aliphatic heterocycles. The first kappa shape index (κ1) is 15.7. The summed E-state index contributed by atoms with van der Waals surface area (Å²) in [4.78, 5) is 26.0. The number of amides is 2. The Morgan fingerprint density at radius 2 is 1.58 bits per heavy atom. The van der Waals surface area contributed by atoms with Gasteiger partial charge in [0.2, 0.25) is 5.91 Å². The van der Waals surface area contributed by atoms with Crippen LogP contribution in [-0.2, 0) is 0 Å². The molecule has 0 heterocycles. The number of anilines is 1. The van der Waals surface area contributed by atoms with E-state index in [1.54, 1.807) is 29.2 Å². The van der Waals surface area contributed by atoms with Crippen LogP contribution in [0, 0.1) is 0 Å². The molecule has 0 saturated carbocycles. The van der Waals surface area contributed by atoms with Crippen molar-refractivity contribution in [1.29, 1.82) is 0 Å². The number of nitrogens with zero attached hydrogens (tertiary/aromatic N) is 1. The third-order valence-electron chi connectivity index (χ3n) is 4.01. The highest BCUT2D eigenvalue weighted by Crippen LogP contribution is 2.27. The first-order chi connectivity index (χ1) is 11.6. The van der Waals surface area contributed by atoms with Gasteiger partial charge < -0.3 is 10.6 Å². The number of hydrogen-bond acceptors (Lipinski definition) is 2. The molecule has 0 bridgehead atoms. The Balaban J connectivity index is 2.06. The van der Waals surface area contributed by atoms with E-state index in [0.717, 1.165) is 16.5 Å². The monoisotopic (exact) mass is 318 g/mol. The van der Waals surface area contributed by atoms with Crippen molar-refractivity contribution in [2.24, 2.45) is 5.73 Å². The molecule has 0 radical (unpaired) electrons. The second-order valence-electron chi connectivity index (χ2n) is 5.49. The molecule has 0 fully saturated rings. The second kappa shape index (κ2) is 6.54. The smallest absolute Gasteiger partial charge is 0.258 e. The molecule has 0 atom stereocenters. The molecule has 4 heteroatoms. The van der Waals surface area contributed by atoms with E-state index in [0.29, 0.717) is 17.7 Å². The van der Waals surface area contributed by atoms with Gasteiger partial charge in [0, 0.05) is 23.1 Å². The maximum atomic E-state index is 13.0. The minimum Gasteiger partial charge on any atom is -0.366 e. The topological polar surface area (TPSA) is 63.4 Å². The zero-order chi connectivity index (χ0) is 17.1. The van der Waals surface area contributed by atoms with Crippen LogP contribution in [0.5, 0.6) is 0 Å².